The van der Waals surface area contributed by atoms with E-state index in [4.69, 9.17) is 4.74 Å². The van der Waals surface area contributed by atoms with Gasteiger partial charge in [-0.1, -0.05) is 6.07 Å². The van der Waals surface area contributed by atoms with E-state index in [1.54, 1.807) is 18.2 Å². The van der Waals surface area contributed by atoms with Crippen LogP contribution in [0.15, 0.2) is 48.5 Å². The molecule has 1 aromatic heterocycles. The number of nitrogens with zero attached hydrogens (tertiary/aromatic N) is 1. The molecule has 1 heterocycles. The van der Waals surface area contributed by atoms with Gasteiger partial charge in [0.2, 0.25) is 0 Å². The molecular formula is C18H17F2NO. The lowest BCUT2D eigenvalue weighted by atomic mass is 10.2. The van der Waals surface area contributed by atoms with Gasteiger partial charge in [0, 0.05) is 11.4 Å². The summed E-state index contributed by atoms with van der Waals surface area (Å²) >= 11 is 0. The summed E-state index contributed by atoms with van der Waals surface area (Å²) in [5.74, 6) is 0.0491. The van der Waals surface area contributed by atoms with Crippen LogP contribution in [-0.4, -0.2) is 4.57 Å². The first-order valence-corrected chi connectivity index (χ1v) is 7.23. The molecule has 2 nitrogen and oxygen atoms in total. The van der Waals surface area contributed by atoms with Crippen LogP contribution in [0, 0.1) is 11.6 Å². The van der Waals surface area contributed by atoms with Gasteiger partial charge in [-0.3, -0.25) is 0 Å². The summed E-state index contributed by atoms with van der Waals surface area (Å²) in [6.45, 7) is 4.40. The summed E-state index contributed by atoms with van der Waals surface area (Å²) in [6, 6.07) is 12.9. The van der Waals surface area contributed by atoms with E-state index in [-0.39, 0.29) is 17.7 Å². The van der Waals surface area contributed by atoms with E-state index >= 15 is 0 Å². The third-order valence-electron chi connectivity index (χ3n) is 3.63. The minimum atomic E-state index is -0.300. The first-order valence-electron chi connectivity index (χ1n) is 7.23. The van der Waals surface area contributed by atoms with E-state index in [2.05, 4.69) is 4.57 Å². The molecule has 0 aliphatic carbocycles. The van der Waals surface area contributed by atoms with Crippen LogP contribution in [0.2, 0.25) is 0 Å². The van der Waals surface area contributed by atoms with Crippen molar-refractivity contribution in [3.05, 3.63) is 65.9 Å². The quantitative estimate of drug-likeness (QED) is 0.655. The second kappa shape index (κ2) is 5.79. The van der Waals surface area contributed by atoms with Crippen molar-refractivity contribution in [3.8, 4) is 5.75 Å². The van der Waals surface area contributed by atoms with Crippen LogP contribution in [0.4, 0.5) is 8.78 Å². The van der Waals surface area contributed by atoms with E-state index < -0.39 is 0 Å². The molecule has 0 radical (unpaired) electrons. The summed E-state index contributed by atoms with van der Waals surface area (Å²) in [6.07, 6.45) is 0. The number of aromatic nitrogens is 1. The van der Waals surface area contributed by atoms with Gasteiger partial charge >= 0.3 is 0 Å². The largest absolute Gasteiger partial charge is 0.487 e. The predicted molar refractivity (Wildman–Crippen MR) is 83.0 cm³/mol. The second-order valence-electron chi connectivity index (χ2n) is 5.51. The van der Waals surface area contributed by atoms with Crippen molar-refractivity contribution in [3.63, 3.8) is 0 Å². The van der Waals surface area contributed by atoms with Crippen LogP contribution >= 0.6 is 0 Å². The predicted octanol–water partition coefficient (Wildman–Crippen LogP) is 5.08. The summed E-state index contributed by atoms with van der Waals surface area (Å²) in [5, 5.41) is 0.592. The Kier molecular flexibility index (Phi) is 3.84. The normalized spacial score (nSPS) is 11.3. The second-order valence-corrected chi connectivity index (χ2v) is 5.51. The zero-order chi connectivity index (χ0) is 15.7. The zero-order valence-corrected chi connectivity index (χ0v) is 12.5. The van der Waals surface area contributed by atoms with Crippen LogP contribution in [0.1, 0.15) is 25.6 Å². The first-order chi connectivity index (χ1) is 10.6. The molecular weight excluding hydrogens is 284 g/mol. The Morgan fingerprint density at radius 1 is 1.05 bits per heavy atom. The number of hydrogen-bond donors (Lipinski definition) is 0. The SMILES string of the molecule is CC(C)n1c(COc2ccc(F)cc2)cc2c(F)cccc21. The molecule has 3 aromatic rings. The van der Waals surface area contributed by atoms with E-state index in [9.17, 15) is 8.78 Å². The molecule has 0 spiro atoms. The van der Waals surface area contributed by atoms with Crippen LogP contribution in [0.3, 0.4) is 0 Å². The standard InChI is InChI=1S/C18H17F2NO/c1-12(2)21-14(10-16-17(20)4-3-5-18(16)21)11-22-15-8-6-13(19)7-9-15/h3-10,12H,11H2,1-2H3. The maximum Gasteiger partial charge on any atom is 0.132 e. The van der Waals surface area contributed by atoms with Crippen molar-refractivity contribution < 1.29 is 13.5 Å². The highest BCUT2D eigenvalue weighted by Crippen LogP contribution is 2.27. The average molecular weight is 301 g/mol. The van der Waals surface area contributed by atoms with Crippen LogP contribution in [-0.2, 0) is 6.61 Å². The van der Waals surface area contributed by atoms with Crippen LogP contribution in [0.25, 0.3) is 10.9 Å². The molecule has 0 amide bonds. The van der Waals surface area contributed by atoms with Crippen molar-refractivity contribution in [1.29, 1.82) is 0 Å². The van der Waals surface area contributed by atoms with E-state index in [0.717, 1.165) is 11.2 Å². The summed E-state index contributed by atoms with van der Waals surface area (Å²) in [5.41, 5.74) is 1.74. The monoisotopic (exact) mass is 301 g/mol. The average Bonchev–Trinajstić information content (AvgIpc) is 2.87. The molecule has 0 N–H and O–H groups in total. The number of hydrogen-bond acceptors (Lipinski definition) is 1. The highest BCUT2D eigenvalue weighted by molar-refractivity contribution is 5.82. The van der Waals surface area contributed by atoms with Gasteiger partial charge in [-0.25, -0.2) is 8.78 Å². The molecule has 0 saturated carbocycles. The zero-order valence-electron chi connectivity index (χ0n) is 12.5. The first kappa shape index (κ1) is 14.6. The number of benzene rings is 2. The Hall–Kier alpha value is -2.36. The third-order valence-corrected chi connectivity index (χ3v) is 3.63. The summed E-state index contributed by atoms with van der Waals surface area (Å²) in [7, 11) is 0. The maximum atomic E-state index is 14.0. The minimum Gasteiger partial charge on any atom is -0.487 e. The van der Waals surface area contributed by atoms with Crippen molar-refractivity contribution >= 4 is 10.9 Å². The fourth-order valence-electron chi connectivity index (χ4n) is 2.68. The van der Waals surface area contributed by atoms with E-state index in [1.807, 2.05) is 26.0 Å². The van der Waals surface area contributed by atoms with Gasteiger partial charge in [-0.2, -0.15) is 0 Å². The molecule has 0 aliphatic heterocycles. The molecule has 0 aliphatic rings. The fourth-order valence-corrected chi connectivity index (χ4v) is 2.68. The molecule has 0 saturated heterocycles. The maximum absolute atomic E-state index is 14.0. The highest BCUT2D eigenvalue weighted by Gasteiger charge is 2.14. The summed E-state index contributed by atoms with van der Waals surface area (Å²) in [4.78, 5) is 0. The Labute approximate surface area is 127 Å². The van der Waals surface area contributed by atoms with Crippen molar-refractivity contribution in [2.24, 2.45) is 0 Å². The molecule has 4 heteroatoms. The Morgan fingerprint density at radius 3 is 2.45 bits per heavy atom. The van der Waals surface area contributed by atoms with E-state index in [0.29, 0.717) is 17.7 Å². The summed E-state index contributed by atoms with van der Waals surface area (Å²) < 4.78 is 34.6. The van der Waals surface area contributed by atoms with Gasteiger partial charge in [0.1, 0.15) is 24.0 Å². The molecule has 2 aromatic carbocycles. The van der Waals surface area contributed by atoms with Gasteiger partial charge in [0.15, 0.2) is 0 Å². The smallest absolute Gasteiger partial charge is 0.132 e. The third kappa shape index (κ3) is 2.69. The van der Waals surface area contributed by atoms with Gasteiger partial charge in [0.05, 0.1) is 11.2 Å². The lowest BCUT2D eigenvalue weighted by molar-refractivity contribution is 0.292. The number of halogens is 2. The van der Waals surface area contributed by atoms with Gasteiger partial charge in [-0.05, 0) is 56.3 Å². The highest BCUT2D eigenvalue weighted by atomic mass is 19.1. The Morgan fingerprint density at radius 2 is 1.77 bits per heavy atom. The Balaban J connectivity index is 1.94. The van der Waals surface area contributed by atoms with Crippen LogP contribution in [0.5, 0.6) is 5.75 Å². The van der Waals surface area contributed by atoms with Gasteiger partial charge < -0.3 is 9.30 Å². The molecule has 3 rings (SSSR count). The number of ether oxygens (including phenoxy) is 1. The minimum absolute atomic E-state index is 0.186. The van der Waals surface area contributed by atoms with Crippen molar-refractivity contribution in [1.82, 2.24) is 4.57 Å². The Bertz CT molecular complexity index is 791. The molecule has 114 valence electrons. The number of rotatable bonds is 4. The molecule has 22 heavy (non-hydrogen) atoms. The molecule has 0 bridgehead atoms. The number of fused-ring (bicyclic) bond motifs is 1. The fraction of sp³-hybridized carbons (Fsp3) is 0.222. The lowest BCUT2D eigenvalue weighted by Gasteiger charge is -2.15. The van der Waals surface area contributed by atoms with Crippen LogP contribution < -0.4 is 4.74 Å². The van der Waals surface area contributed by atoms with E-state index in [1.165, 1.54) is 18.2 Å². The van der Waals surface area contributed by atoms with Gasteiger partial charge in [-0.15, -0.1) is 0 Å². The van der Waals surface area contributed by atoms with Crippen molar-refractivity contribution in [2.75, 3.05) is 0 Å². The van der Waals surface area contributed by atoms with Crippen molar-refractivity contribution in [2.45, 2.75) is 26.5 Å². The molecule has 0 fully saturated rings. The molecule has 0 atom stereocenters. The lowest BCUT2D eigenvalue weighted by Crippen LogP contribution is -2.08. The van der Waals surface area contributed by atoms with Gasteiger partial charge in [0.25, 0.3) is 0 Å². The topological polar surface area (TPSA) is 14.2 Å². The molecule has 0 unspecified atom stereocenters.